The Bertz CT molecular complexity index is 10400. The second kappa shape index (κ2) is 33.2. The van der Waals surface area contributed by atoms with E-state index < -0.39 is 0 Å². The topological polar surface area (TPSA) is 14.8 Å². The molecule has 3 aromatic heterocycles. The van der Waals surface area contributed by atoms with Gasteiger partial charge in [-0.25, -0.2) is 0 Å². The zero-order chi connectivity index (χ0) is 92.7. The highest BCUT2D eigenvalue weighted by atomic mass is 15.0. The second-order valence-corrected chi connectivity index (χ2v) is 37.8. The molecule has 141 heavy (non-hydrogen) atoms. The van der Waals surface area contributed by atoms with Gasteiger partial charge in [0.15, 0.2) is 0 Å². The van der Waals surface area contributed by atoms with E-state index in [1.54, 1.807) is 0 Å². The molecule has 0 N–H and O–H groups in total. The summed E-state index contributed by atoms with van der Waals surface area (Å²) in [5.41, 5.74) is 25.8. The molecule has 3 nitrogen and oxygen atoms in total. The number of hydrogen-bond acceptors (Lipinski definition) is 0. The Hall–Kier alpha value is -18.5. The molecule has 0 fully saturated rings. The average Bonchev–Trinajstić information content (AvgIpc) is 1.59. The van der Waals surface area contributed by atoms with Crippen molar-refractivity contribution in [1.29, 1.82) is 0 Å². The van der Waals surface area contributed by atoms with Crippen LogP contribution < -0.4 is 0 Å². The molecule has 0 saturated carbocycles. The van der Waals surface area contributed by atoms with Gasteiger partial charge in [-0.15, -0.1) is 0 Å². The minimum Gasteiger partial charge on any atom is -0.309 e. The van der Waals surface area contributed by atoms with Gasteiger partial charge in [-0.1, -0.05) is 394 Å². The smallest absolute Gasteiger partial charge is 0.0547 e. The van der Waals surface area contributed by atoms with E-state index in [9.17, 15) is 0 Å². The summed E-state index contributed by atoms with van der Waals surface area (Å²) in [6.45, 7) is 0. The monoisotopic (exact) mass is 1790 g/mol. The zero-order valence-corrected chi connectivity index (χ0v) is 77.1. The standard InChI is InChI=1S/3C46H29N/c1-3-9-33-25-35(16-13-30(33)7-1)36-17-14-32-15-18-37(28-40(32)27-36)38-20-23-42-39(26-38)21-24-45-46(42)43-11-5-6-12-44(43)47(45)41-22-19-31-8-2-4-10-34(31)29-41;1-2-10-34-28-39(24-22-30(34)8-1)47-44-15-6-5-13-42(44)46-43-29-36(20-18-33(43)23-25-45(46)47)35-19-16-31-17-21-37(27-38(31)26-35)41-14-7-11-32-9-3-4-12-40(32)41;1-2-10-33-29-39(23-20-30(33)8-1)47-44-15-6-5-13-43(44)46-42-24-21-35(26-37(42)22-25-45(46)47)34-18-16-31-17-19-36(28-38(31)27-34)41-14-7-11-32-9-3-4-12-40(32)41/h3*1-29H. The molecule has 3 heterocycles. The van der Waals surface area contributed by atoms with Gasteiger partial charge in [0.1, 0.15) is 0 Å². The first-order valence-corrected chi connectivity index (χ1v) is 48.8. The molecule has 27 aromatic carbocycles. The van der Waals surface area contributed by atoms with Crippen LogP contribution in [0.4, 0.5) is 0 Å². The second-order valence-electron chi connectivity index (χ2n) is 37.8. The first-order chi connectivity index (χ1) is 69.8. The van der Waals surface area contributed by atoms with Gasteiger partial charge in [0.05, 0.1) is 33.1 Å². The summed E-state index contributed by atoms with van der Waals surface area (Å²) < 4.78 is 7.26. The third-order valence-corrected chi connectivity index (χ3v) is 29.7. The first-order valence-electron chi connectivity index (χ1n) is 48.8. The molecule has 0 atom stereocenters. The van der Waals surface area contributed by atoms with Crippen LogP contribution in [0.3, 0.4) is 0 Å². The van der Waals surface area contributed by atoms with Gasteiger partial charge in [-0.3, -0.25) is 0 Å². The third-order valence-electron chi connectivity index (χ3n) is 29.7. The Morgan fingerprint density at radius 1 is 0.0993 bits per heavy atom. The predicted molar refractivity (Wildman–Crippen MR) is 605 cm³/mol. The molecule has 30 aromatic rings. The van der Waals surface area contributed by atoms with E-state index in [2.05, 4.69) is 541 Å². The van der Waals surface area contributed by atoms with E-state index in [0.29, 0.717) is 0 Å². The normalized spacial score (nSPS) is 11.8. The van der Waals surface area contributed by atoms with Gasteiger partial charge >= 0.3 is 0 Å². The zero-order valence-electron chi connectivity index (χ0n) is 77.1. The van der Waals surface area contributed by atoms with Crippen molar-refractivity contribution in [2.24, 2.45) is 0 Å². The lowest BCUT2D eigenvalue weighted by Gasteiger charge is -2.11. The van der Waals surface area contributed by atoms with E-state index in [1.165, 1.54) is 279 Å². The summed E-state index contributed by atoms with van der Waals surface area (Å²) in [5, 5.41) is 38.0. The molecule has 0 spiro atoms. The lowest BCUT2D eigenvalue weighted by atomic mass is 9.94. The number of benzene rings is 27. The number of rotatable bonds is 9. The van der Waals surface area contributed by atoms with Gasteiger partial charge in [-0.2, -0.15) is 0 Å². The molecular weight excluding hydrogens is 1700 g/mol. The van der Waals surface area contributed by atoms with Crippen molar-refractivity contribution < 1.29 is 0 Å². The van der Waals surface area contributed by atoms with E-state index in [1.807, 2.05) is 0 Å². The average molecular weight is 1790 g/mol. The molecule has 30 rings (SSSR count). The summed E-state index contributed by atoms with van der Waals surface area (Å²) in [7, 11) is 0. The van der Waals surface area contributed by atoms with E-state index in [4.69, 9.17) is 0 Å². The summed E-state index contributed by atoms with van der Waals surface area (Å²) in [6, 6.07) is 194. The fraction of sp³-hybridized carbons (Fsp3) is 0. The molecule has 0 aliphatic rings. The molecule has 0 aliphatic heterocycles. The van der Waals surface area contributed by atoms with Crippen molar-refractivity contribution in [2.75, 3.05) is 0 Å². The molecule has 0 aliphatic carbocycles. The highest BCUT2D eigenvalue weighted by molar-refractivity contribution is 6.25. The summed E-state index contributed by atoms with van der Waals surface area (Å²) >= 11 is 0. The third kappa shape index (κ3) is 14.0. The molecule has 0 unspecified atom stereocenters. The Balaban J connectivity index is 0.000000104. The maximum atomic E-state index is 2.42. The first kappa shape index (κ1) is 80.9. The van der Waals surface area contributed by atoms with E-state index >= 15 is 0 Å². The van der Waals surface area contributed by atoms with Crippen LogP contribution in [0.2, 0.25) is 0 Å². The van der Waals surface area contributed by atoms with E-state index in [-0.39, 0.29) is 0 Å². The van der Waals surface area contributed by atoms with Crippen LogP contribution in [0.25, 0.3) is 279 Å². The van der Waals surface area contributed by atoms with Crippen molar-refractivity contribution in [1.82, 2.24) is 13.7 Å². The van der Waals surface area contributed by atoms with Crippen LogP contribution in [0.1, 0.15) is 0 Å². The number of fused-ring (bicyclic) bond motifs is 24. The predicted octanol–water partition coefficient (Wildman–Crippen LogP) is 38.2. The van der Waals surface area contributed by atoms with Crippen molar-refractivity contribution in [3.8, 4) is 83.8 Å². The lowest BCUT2D eigenvalue weighted by Crippen LogP contribution is -1.93. The molecule has 0 radical (unpaired) electrons. The minimum atomic E-state index is 1.18. The Labute approximate surface area is 814 Å². The van der Waals surface area contributed by atoms with Crippen molar-refractivity contribution >= 4 is 195 Å². The van der Waals surface area contributed by atoms with Gasteiger partial charge < -0.3 is 13.7 Å². The Kier molecular flexibility index (Phi) is 19.0. The van der Waals surface area contributed by atoms with Gasteiger partial charge in [0.25, 0.3) is 0 Å². The van der Waals surface area contributed by atoms with E-state index in [0.717, 1.165) is 0 Å². The molecule has 654 valence electrons. The van der Waals surface area contributed by atoms with Crippen LogP contribution in [-0.2, 0) is 0 Å². The van der Waals surface area contributed by atoms with Crippen LogP contribution in [0.15, 0.2) is 528 Å². The van der Waals surface area contributed by atoms with Gasteiger partial charge in [0, 0.05) is 49.4 Å². The molecule has 0 bridgehead atoms. The summed E-state index contributed by atoms with van der Waals surface area (Å²) in [4.78, 5) is 0. The fourth-order valence-corrected chi connectivity index (χ4v) is 22.8. The highest BCUT2D eigenvalue weighted by Crippen LogP contribution is 2.46. The van der Waals surface area contributed by atoms with Gasteiger partial charge in [0.2, 0.25) is 0 Å². The number of para-hydroxylation sites is 3. The Morgan fingerprint density at radius 2 is 0.319 bits per heavy atom. The molecule has 0 saturated heterocycles. The number of aromatic nitrogens is 3. The van der Waals surface area contributed by atoms with Crippen LogP contribution in [0, 0.1) is 0 Å². The van der Waals surface area contributed by atoms with Gasteiger partial charge in [-0.05, 0) is 329 Å². The maximum absolute atomic E-state index is 2.42. The van der Waals surface area contributed by atoms with Crippen LogP contribution >= 0.6 is 0 Å². The SMILES string of the molecule is c1ccc2cc(-c3ccc4ccc(-c5ccc6c(ccc7c6c6ccccc6n7-c6ccc7ccccc7c6)c5)cc4c3)ccc2c1.c1ccc2cc(-n3c4ccccc4c4c5cc(-c6ccc7ccc(-c8cccc9ccccc89)cc7c6)ccc5ccc43)ccc2c1.c1ccc2cc(-n3c4ccccc4c4c5ccc(-c6ccc7ccc(-c8cccc9ccccc89)cc7c6)cc5ccc43)ccc2c1. The van der Waals surface area contributed by atoms with Crippen molar-refractivity contribution in [2.45, 2.75) is 0 Å². The fourth-order valence-electron chi connectivity index (χ4n) is 22.8. The number of nitrogens with zero attached hydrogens (tertiary/aromatic N) is 3. The minimum absolute atomic E-state index is 1.18. The lowest BCUT2D eigenvalue weighted by molar-refractivity contribution is 1.19. The van der Waals surface area contributed by atoms with Crippen molar-refractivity contribution in [3.05, 3.63) is 528 Å². The molecular formula is C138H87N3. The highest BCUT2D eigenvalue weighted by Gasteiger charge is 2.22. The van der Waals surface area contributed by atoms with Crippen molar-refractivity contribution in [3.63, 3.8) is 0 Å². The van der Waals surface area contributed by atoms with Crippen LogP contribution in [-0.4, -0.2) is 13.7 Å². The largest absolute Gasteiger partial charge is 0.309 e. The molecule has 0 amide bonds. The summed E-state index contributed by atoms with van der Waals surface area (Å²) in [5.74, 6) is 0. The van der Waals surface area contributed by atoms with Crippen LogP contribution in [0.5, 0.6) is 0 Å². The summed E-state index contributed by atoms with van der Waals surface area (Å²) in [6.07, 6.45) is 0. The maximum Gasteiger partial charge on any atom is 0.0547 e. The Morgan fingerprint density at radius 3 is 0.681 bits per heavy atom. The molecule has 3 heteroatoms. The number of hydrogen-bond donors (Lipinski definition) is 0. The quantitative estimate of drug-likeness (QED) is 0.137.